The monoisotopic (exact) mass is 259 g/mol. The molecule has 3 rings (SSSR count). The fraction of sp³-hybridized carbons (Fsp3) is 0.647. The van der Waals surface area contributed by atoms with E-state index in [-0.39, 0.29) is 0 Å². The molecule has 0 bridgehead atoms. The molecule has 104 valence electrons. The van der Waals surface area contributed by atoms with Crippen LogP contribution in [0.15, 0.2) is 18.2 Å². The van der Waals surface area contributed by atoms with Gasteiger partial charge in [-0.25, -0.2) is 0 Å². The predicted molar refractivity (Wildman–Crippen MR) is 78.5 cm³/mol. The van der Waals surface area contributed by atoms with Gasteiger partial charge < -0.3 is 10.1 Å². The van der Waals surface area contributed by atoms with Gasteiger partial charge in [-0.3, -0.25) is 0 Å². The average Bonchev–Trinajstić information content (AvgIpc) is 2.46. The van der Waals surface area contributed by atoms with Gasteiger partial charge >= 0.3 is 0 Å². The Labute approximate surface area is 116 Å². The Balaban J connectivity index is 1.63. The number of ether oxygens (including phenoxy) is 1. The summed E-state index contributed by atoms with van der Waals surface area (Å²) in [6, 6.07) is 6.62. The molecule has 0 unspecified atom stereocenters. The van der Waals surface area contributed by atoms with Crippen LogP contribution in [0.5, 0.6) is 5.75 Å². The van der Waals surface area contributed by atoms with Crippen LogP contribution in [-0.4, -0.2) is 13.2 Å². The summed E-state index contributed by atoms with van der Waals surface area (Å²) < 4.78 is 6.09. The van der Waals surface area contributed by atoms with Gasteiger partial charge in [0, 0.05) is 12.0 Å². The second-order valence-electron chi connectivity index (χ2n) is 6.52. The van der Waals surface area contributed by atoms with Gasteiger partial charge in [-0.15, -0.1) is 0 Å². The van der Waals surface area contributed by atoms with Crippen molar-refractivity contribution in [3.63, 3.8) is 0 Å². The fourth-order valence-electron chi connectivity index (χ4n) is 3.35. The van der Waals surface area contributed by atoms with Crippen LogP contribution >= 0.6 is 0 Å². The number of hydrogen-bond donors (Lipinski definition) is 1. The van der Waals surface area contributed by atoms with Crippen LogP contribution < -0.4 is 10.1 Å². The molecule has 19 heavy (non-hydrogen) atoms. The van der Waals surface area contributed by atoms with Crippen LogP contribution in [0.25, 0.3) is 0 Å². The maximum atomic E-state index is 6.09. The summed E-state index contributed by atoms with van der Waals surface area (Å²) in [6.07, 6.45) is 7.92. The SMILES string of the molecule is CC1(COc2ccc3c(c2)CNCC3)CCCCC1. The molecule has 1 aliphatic carbocycles. The first-order chi connectivity index (χ1) is 9.25. The van der Waals surface area contributed by atoms with Crippen molar-refractivity contribution in [2.45, 2.75) is 52.0 Å². The first-order valence-corrected chi connectivity index (χ1v) is 7.71. The van der Waals surface area contributed by atoms with Gasteiger partial charge in [0.15, 0.2) is 0 Å². The lowest BCUT2D eigenvalue weighted by Gasteiger charge is -2.33. The van der Waals surface area contributed by atoms with Gasteiger partial charge in [0.2, 0.25) is 0 Å². The minimum absolute atomic E-state index is 0.395. The second-order valence-corrected chi connectivity index (χ2v) is 6.52. The highest BCUT2D eigenvalue weighted by Crippen LogP contribution is 2.36. The molecule has 1 heterocycles. The Morgan fingerprint density at radius 2 is 2.00 bits per heavy atom. The largest absolute Gasteiger partial charge is 0.493 e. The summed E-state index contributed by atoms with van der Waals surface area (Å²) in [5.41, 5.74) is 3.29. The van der Waals surface area contributed by atoms with Crippen LogP contribution in [0, 0.1) is 5.41 Å². The number of fused-ring (bicyclic) bond motifs is 1. The molecule has 1 N–H and O–H groups in total. The van der Waals surface area contributed by atoms with Gasteiger partial charge in [-0.05, 0) is 49.1 Å². The van der Waals surface area contributed by atoms with Gasteiger partial charge in [-0.2, -0.15) is 0 Å². The van der Waals surface area contributed by atoms with E-state index in [0.717, 1.165) is 31.9 Å². The van der Waals surface area contributed by atoms with Crippen molar-refractivity contribution in [3.05, 3.63) is 29.3 Å². The zero-order chi connectivity index (χ0) is 13.1. The minimum atomic E-state index is 0.395. The van der Waals surface area contributed by atoms with Crippen molar-refractivity contribution in [1.82, 2.24) is 5.32 Å². The molecule has 0 aromatic heterocycles. The zero-order valence-electron chi connectivity index (χ0n) is 12.0. The second kappa shape index (κ2) is 5.54. The third-order valence-electron chi connectivity index (χ3n) is 4.71. The van der Waals surface area contributed by atoms with Gasteiger partial charge in [0.05, 0.1) is 6.61 Å². The molecule has 1 aromatic rings. The number of nitrogens with one attached hydrogen (secondary N) is 1. The smallest absolute Gasteiger partial charge is 0.119 e. The van der Waals surface area contributed by atoms with Crippen molar-refractivity contribution in [3.8, 4) is 5.75 Å². The molecule has 2 nitrogen and oxygen atoms in total. The highest BCUT2D eigenvalue weighted by Gasteiger charge is 2.27. The molecule has 1 saturated carbocycles. The molecule has 2 heteroatoms. The van der Waals surface area contributed by atoms with Crippen molar-refractivity contribution in [2.75, 3.05) is 13.2 Å². The molecule has 2 aliphatic rings. The van der Waals surface area contributed by atoms with Crippen LogP contribution in [0.1, 0.15) is 50.2 Å². The van der Waals surface area contributed by atoms with Crippen molar-refractivity contribution in [2.24, 2.45) is 5.41 Å². The molecule has 1 fully saturated rings. The topological polar surface area (TPSA) is 21.3 Å². The van der Waals surface area contributed by atoms with E-state index >= 15 is 0 Å². The maximum absolute atomic E-state index is 6.09. The Kier molecular flexibility index (Phi) is 3.79. The van der Waals surface area contributed by atoms with E-state index in [1.807, 2.05) is 0 Å². The third kappa shape index (κ3) is 3.11. The van der Waals surface area contributed by atoms with Crippen LogP contribution in [0.3, 0.4) is 0 Å². The Bertz CT molecular complexity index is 435. The number of hydrogen-bond acceptors (Lipinski definition) is 2. The van der Waals surface area contributed by atoms with Gasteiger partial charge in [0.25, 0.3) is 0 Å². The highest BCUT2D eigenvalue weighted by molar-refractivity contribution is 5.37. The molecule has 1 aromatic carbocycles. The van der Waals surface area contributed by atoms with E-state index in [1.54, 1.807) is 0 Å². The lowest BCUT2D eigenvalue weighted by Crippen LogP contribution is -2.28. The van der Waals surface area contributed by atoms with E-state index in [1.165, 1.54) is 43.2 Å². The molecule has 0 spiro atoms. The van der Waals surface area contributed by atoms with E-state index < -0.39 is 0 Å². The maximum Gasteiger partial charge on any atom is 0.119 e. The summed E-state index contributed by atoms with van der Waals surface area (Å²) in [6.45, 7) is 5.35. The Hall–Kier alpha value is -1.02. The lowest BCUT2D eigenvalue weighted by atomic mass is 9.76. The van der Waals surface area contributed by atoms with Crippen LogP contribution in [-0.2, 0) is 13.0 Å². The third-order valence-corrected chi connectivity index (χ3v) is 4.71. The summed E-state index contributed by atoms with van der Waals surface area (Å²) >= 11 is 0. The van der Waals surface area contributed by atoms with Gasteiger partial charge in [-0.1, -0.05) is 32.3 Å². The summed E-state index contributed by atoms with van der Waals surface area (Å²) in [5.74, 6) is 1.05. The summed E-state index contributed by atoms with van der Waals surface area (Å²) in [4.78, 5) is 0. The predicted octanol–water partition coefficient (Wildman–Crippen LogP) is 3.68. The molecule has 0 atom stereocenters. The summed E-state index contributed by atoms with van der Waals surface area (Å²) in [5, 5.41) is 3.43. The molecule has 0 radical (unpaired) electrons. The van der Waals surface area contributed by atoms with Gasteiger partial charge in [0.1, 0.15) is 5.75 Å². The quantitative estimate of drug-likeness (QED) is 0.894. The lowest BCUT2D eigenvalue weighted by molar-refractivity contribution is 0.116. The van der Waals surface area contributed by atoms with Crippen molar-refractivity contribution >= 4 is 0 Å². The van der Waals surface area contributed by atoms with E-state index in [9.17, 15) is 0 Å². The molecule has 1 aliphatic heterocycles. The van der Waals surface area contributed by atoms with Crippen molar-refractivity contribution in [1.29, 1.82) is 0 Å². The standard InChI is InChI=1S/C17H25NO/c1-17(8-3-2-4-9-17)13-19-16-6-5-14-7-10-18-12-15(14)11-16/h5-6,11,18H,2-4,7-10,12-13H2,1H3. The summed E-state index contributed by atoms with van der Waals surface area (Å²) in [7, 11) is 0. The zero-order valence-corrected chi connectivity index (χ0v) is 12.0. The van der Waals surface area contributed by atoms with E-state index in [4.69, 9.17) is 4.74 Å². The molecular formula is C17H25NO. The van der Waals surface area contributed by atoms with E-state index in [0.29, 0.717) is 5.41 Å². The number of rotatable bonds is 3. The molecule has 0 saturated heterocycles. The first-order valence-electron chi connectivity index (χ1n) is 7.71. The number of benzene rings is 1. The van der Waals surface area contributed by atoms with Crippen molar-refractivity contribution < 1.29 is 4.74 Å². The molecule has 0 amide bonds. The van der Waals surface area contributed by atoms with E-state index in [2.05, 4.69) is 30.4 Å². The fourth-order valence-corrected chi connectivity index (χ4v) is 3.35. The Morgan fingerprint density at radius 3 is 2.84 bits per heavy atom. The van der Waals surface area contributed by atoms with Crippen LogP contribution in [0.4, 0.5) is 0 Å². The average molecular weight is 259 g/mol. The van der Waals surface area contributed by atoms with Crippen LogP contribution in [0.2, 0.25) is 0 Å². The minimum Gasteiger partial charge on any atom is -0.493 e. The molecular weight excluding hydrogens is 234 g/mol. The first kappa shape index (κ1) is 13.0. The highest BCUT2D eigenvalue weighted by atomic mass is 16.5. The normalized spacial score (nSPS) is 21.7. The Morgan fingerprint density at radius 1 is 1.16 bits per heavy atom.